The maximum atomic E-state index is 12.3. The van der Waals surface area contributed by atoms with E-state index in [0.29, 0.717) is 39.1 Å². The third-order valence-electron chi connectivity index (χ3n) is 4.24. The summed E-state index contributed by atoms with van der Waals surface area (Å²) in [7, 11) is 0. The van der Waals surface area contributed by atoms with E-state index in [9.17, 15) is 9.59 Å². The van der Waals surface area contributed by atoms with Gasteiger partial charge < -0.3 is 15.0 Å². The van der Waals surface area contributed by atoms with Gasteiger partial charge in [0.25, 0.3) is 0 Å². The first-order valence-corrected chi connectivity index (χ1v) is 8.14. The number of pyridine rings is 1. The molecule has 6 heteroatoms. The summed E-state index contributed by atoms with van der Waals surface area (Å²) in [6, 6.07) is 1.92. The molecular weight excluding hydrogens is 294 g/mol. The van der Waals surface area contributed by atoms with Gasteiger partial charge in [-0.15, -0.1) is 0 Å². The highest BCUT2D eigenvalue weighted by atomic mass is 16.5. The van der Waals surface area contributed by atoms with Crippen LogP contribution in [0.4, 0.5) is 0 Å². The number of likely N-dealkylation sites (tertiary alicyclic amines) is 1. The number of hydrogen-bond acceptors (Lipinski definition) is 4. The van der Waals surface area contributed by atoms with E-state index in [1.165, 1.54) is 0 Å². The largest absolute Gasteiger partial charge is 0.372 e. The Morgan fingerprint density at radius 2 is 2.13 bits per heavy atom. The average Bonchev–Trinajstić information content (AvgIpc) is 2.59. The molecule has 6 nitrogen and oxygen atoms in total. The molecule has 2 heterocycles. The minimum Gasteiger partial charge on any atom is -0.372 e. The first-order valence-electron chi connectivity index (χ1n) is 8.14. The highest BCUT2D eigenvalue weighted by Crippen LogP contribution is 2.18. The van der Waals surface area contributed by atoms with Gasteiger partial charge in [-0.3, -0.25) is 14.6 Å². The third-order valence-corrected chi connectivity index (χ3v) is 4.24. The molecule has 0 aliphatic carbocycles. The fourth-order valence-corrected chi connectivity index (χ4v) is 2.70. The van der Waals surface area contributed by atoms with E-state index in [2.05, 4.69) is 10.3 Å². The van der Waals surface area contributed by atoms with E-state index in [1.54, 1.807) is 17.3 Å². The second-order valence-electron chi connectivity index (χ2n) is 5.81. The number of aromatic nitrogens is 1. The molecule has 0 radical (unpaired) electrons. The fourth-order valence-electron chi connectivity index (χ4n) is 2.70. The Bertz CT molecular complexity index is 540. The van der Waals surface area contributed by atoms with Crippen LogP contribution < -0.4 is 5.32 Å². The van der Waals surface area contributed by atoms with Crippen molar-refractivity contribution >= 4 is 11.8 Å². The molecule has 2 amide bonds. The van der Waals surface area contributed by atoms with Crippen LogP contribution in [0.15, 0.2) is 18.5 Å². The summed E-state index contributed by atoms with van der Waals surface area (Å²) in [5.74, 6) is 0.0597. The van der Waals surface area contributed by atoms with Gasteiger partial charge in [-0.25, -0.2) is 0 Å². The molecule has 23 heavy (non-hydrogen) atoms. The first-order chi connectivity index (χ1) is 11.1. The monoisotopic (exact) mass is 319 g/mol. The normalized spacial score (nSPS) is 15.5. The number of carbonyl (C=O) groups excluding carboxylic acids is 2. The Morgan fingerprint density at radius 1 is 1.39 bits per heavy atom. The van der Waals surface area contributed by atoms with Gasteiger partial charge in [-0.2, -0.15) is 0 Å². The van der Waals surface area contributed by atoms with Gasteiger partial charge in [-0.1, -0.05) is 0 Å². The number of nitrogens with one attached hydrogen (secondary N) is 1. The van der Waals surface area contributed by atoms with E-state index < -0.39 is 0 Å². The lowest BCUT2D eigenvalue weighted by Crippen LogP contribution is -2.44. The van der Waals surface area contributed by atoms with Crippen LogP contribution in [0, 0.1) is 12.8 Å². The molecule has 1 saturated heterocycles. The molecule has 1 aromatic heterocycles. The topological polar surface area (TPSA) is 71.5 Å². The minimum atomic E-state index is -0.0201. The minimum absolute atomic E-state index is 0.0121. The number of ether oxygens (including phenoxy) is 1. The molecule has 0 unspecified atom stereocenters. The summed E-state index contributed by atoms with van der Waals surface area (Å²) in [4.78, 5) is 30.0. The number of nitrogens with zero attached hydrogens (tertiary/aromatic N) is 2. The molecule has 0 aromatic carbocycles. The Hall–Kier alpha value is -1.95. The van der Waals surface area contributed by atoms with Crippen molar-refractivity contribution in [1.82, 2.24) is 15.2 Å². The van der Waals surface area contributed by atoms with E-state index in [4.69, 9.17) is 4.74 Å². The van der Waals surface area contributed by atoms with Crippen LogP contribution >= 0.6 is 0 Å². The molecule has 1 fully saturated rings. The van der Waals surface area contributed by atoms with Crippen LogP contribution in [-0.2, 0) is 20.9 Å². The molecule has 0 atom stereocenters. The van der Waals surface area contributed by atoms with Crippen molar-refractivity contribution in [3.63, 3.8) is 0 Å². The van der Waals surface area contributed by atoms with Crippen LogP contribution in [0.5, 0.6) is 0 Å². The zero-order valence-electron chi connectivity index (χ0n) is 13.9. The molecule has 1 N–H and O–H groups in total. The van der Waals surface area contributed by atoms with Gasteiger partial charge >= 0.3 is 0 Å². The maximum Gasteiger partial charge on any atom is 0.248 e. The van der Waals surface area contributed by atoms with E-state index in [-0.39, 0.29) is 24.3 Å². The number of aryl methyl sites for hydroxylation is 1. The van der Waals surface area contributed by atoms with Crippen molar-refractivity contribution < 1.29 is 14.3 Å². The maximum absolute atomic E-state index is 12.3. The number of carbonyl (C=O) groups is 2. The Kier molecular flexibility index (Phi) is 6.52. The van der Waals surface area contributed by atoms with Gasteiger partial charge in [0.2, 0.25) is 11.8 Å². The van der Waals surface area contributed by atoms with Gasteiger partial charge in [0.05, 0.1) is 0 Å². The van der Waals surface area contributed by atoms with Crippen molar-refractivity contribution in [2.45, 2.75) is 33.2 Å². The quantitative estimate of drug-likeness (QED) is 0.857. The van der Waals surface area contributed by atoms with Gasteiger partial charge in [-0.05, 0) is 43.9 Å². The summed E-state index contributed by atoms with van der Waals surface area (Å²) in [6.45, 7) is 6.30. The van der Waals surface area contributed by atoms with Gasteiger partial charge in [0, 0.05) is 44.6 Å². The van der Waals surface area contributed by atoms with Gasteiger partial charge in [0.15, 0.2) is 0 Å². The van der Waals surface area contributed by atoms with Crippen molar-refractivity contribution in [2.24, 2.45) is 5.92 Å². The lowest BCUT2D eigenvalue weighted by atomic mass is 9.95. The van der Waals surface area contributed by atoms with Crippen molar-refractivity contribution in [3.05, 3.63) is 29.6 Å². The molecule has 126 valence electrons. The number of rotatable bonds is 6. The van der Waals surface area contributed by atoms with Crippen LogP contribution in [0.2, 0.25) is 0 Å². The van der Waals surface area contributed by atoms with Crippen molar-refractivity contribution in [2.75, 3.05) is 26.3 Å². The SMILES string of the molecule is CCOCC(=O)N1CCC(C(=O)NCc2ccncc2C)CC1. The molecule has 0 bridgehead atoms. The Balaban J connectivity index is 1.75. The van der Waals surface area contributed by atoms with Crippen LogP contribution in [0.25, 0.3) is 0 Å². The molecule has 0 spiro atoms. The van der Waals surface area contributed by atoms with Crippen LogP contribution in [-0.4, -0.2) is 48.0 Å². The number of piperidine rings is 1. The molecule has 2 rings (SSSR count). The second-order valence-corrected chi connectivity index (χ2v) is 5.81. The molecule has 1 aliphatic rings. The molecule has 1 aromatic rings. The van der Waals surface area contributed by atoms with Gasteiger partial charge in [0.1, 0.15) is 6.61 Å². The Morgan fingerprint density at radius 3 is 2.78 bits per heavy atom. The molecule has 1 aliphatic heterocycles. The average molecular weight is 319 g/mol. The smallest absolute Gasteiger partial charge is 0.248 e. The summed E-state index contributed by atoms with van der Waals surface area (Å²) in [6.07, 6.45) is 4.94. The van der Waals surface area contributed by atoms with Crippen molar-refractivity contribution in [1.29, 1.82) is 0 Å². The third kappa shape index (κ3) is 5.03. The lowest BCUT2D eigenvalue weighted by molar-refractivity contribution is -0.139. The summed E-state index contributed by atoms with van der Waals surface area (Å²) in [5.41, 5.74) is 2.15. The van der Waals surface area contributed by atoms with E-state index in [0.717, 1.165) is 11.1 Å². The number of hydrogen-bond donors (Lipinski definition) is 1. The second kappa shape index (κ2) is 8.62. The Labute approximate surface area is 137 Å². The summed E-state index contributed by atoms with van der Waals surface area (Å²) in [5, 5.41) is 2.99. The van der Waals surface area contributed by atoms with E-state index in [1.807, 2.05) is 19.9 Å². The van der Waals surface area contributed by atoms with Crippen molar-refractivity contribution in [3.8, 4) is 0 Å². The van der Waals surface area contributed by atoms with E-state index >= 15 is 0 Å². The predicted octanol–water partition coefficient (Wildman–Crippen LogP) is 1.28. The highest BCUT2D eigenvalue weighted by molar-refractivity contribution is 5.80. The summed E-state index contributed by atoms with van der Waals surface area (Å²) < 4.78 is 5.15. The van der Waals surface area contributed by atoms with Crippen LogP contribution in [0.3, 0.4) is 0 Å². The fraction of sp³-hybridized carbons (Fsp3) is 0.588. The standard InChI is InChI=1S/C17H25N3O3/c1-3-23-12-16(21)20-8-5-14(6-9-20)17(22)19-11-15-4-7-18-10-13(15)2/h4,7,10,14H,3,5-6,8-9,11-12H2,1-2H3,(H,19,22). The highest BCUT2D eigenvalue weighted by Gasteiger charge is 2.27. The number of amides is 2. The zero-order valence-corrected chi connectivity index (χ0v) is 13.9. The summed E-state index contributed by atoms with van der Waals surface area (Å²) >= 11 is 0. The molecular formula is C17H25N3O3. The lowest BCUT2D eigenvalue weighted by Gasteiger charge is -2.31. The predicted molar refractivity (Wildman–Crippen MR) is 86.6 cm³/mol. The first kappa shape index (κ1) is 17.4. The van der Waals surface area contributed by atoms with Crippen LogP contribution in [0.1, 0.15) is 30.9 Å². The molecule has 0 saturated carbocycles. The zero-order chi connectivity index (χ0) is 16.7.